The van der Waals surface area contributed by atoms with E-state index in [1.165, 1.54) is 17.2 Å². The quantitative estimate of drug-likeness (QED) is 0.611. The molecule has 2 fully saturated rings. The molecule has 4 nitrogen and oxygen atoms in total. The Balaban J connectivity index is 1.43. The number of piperidine rings is 1. The van der Waals surface area contributed by atoms with Crippen molar-refractivity contribution in [2.24, 2.45) is 11.8 Å². The summed E-state index contributed by atoms with van der Waals surface area (Å²) in [6.45, 7) is 0.413. The molecule has 2 unspecified atom stereocenters. The Hall–Kier alpha value is -2.76. The fourth-order valence-electron chi connectivity index (χ4n) is 6.33. The first-order valence-corrected chi connectivity index (χ1v) is 12.7. The fraction of sp³-hybridized carbons (Fsp3) is 0.500. The Morgan fingerprint density at radius 2 is 1.59 bits per heavy atom. The number of carbonyl (C=O) groups is 2. The van der Waals surface area contributed by atoms with Gasteiger partial charge in [-0.15, -0.1) is 0 Å². The third kappa shape index (κ3) is 4.47. The van der Waals surface area contributed by atoms with Crippen LogP contribution < -0.4 is 5.32 Å². The highest BCUT2D eigenvalue weighted by molar-refractivity contribution is 5.97. The normalized spacial score (nSPS) is 22.9. The second-order valence-electron chi connectivity index (χ2n) is 10.1. The Labute approximate surface area is 199 Å². The lowest BCUT2D eigenvalue weighted by Gasteiger charge is -2.46. The second-order valence-corrected chi connectivity index (χ2v) is 10.1. The van der Waals surface area contributed by atoms with Gasteiger partial charge in [0.15, 0.2) is 0 Å². The lowest BCUT2D eigenvalue weighted by atomic mass is 9.74. The molecule has 1 saturated heterocycles. The Kier molecular flexibility index (Phi) is 6.66. The van der Waals surface area contributed by atoms with Crippen molar-refractivity contribution in [2.45, 2.75) is 70.3 Å². The Morgan fingerprint density at radius 3 is 2.35 bits per heavy atom. The van der Waals surface area contributed by atoms with Gasteiger partial charge in [-0.1, -0.05) is 31.4 Å². The van der Waals surface area contributed by atoms with Crippen molar-refractivity contribution in [3.8, 4) is 0 Å². The molecule has 0 bridgehead atoms. The topological polar surface area (TPSA) is 49.4 Å². The molecular formula is C28H32F2N2O2. The van der Waals surface area contributed by atoms with Gasteiger partial charge in [-0.2, -0.15) is 0 Å². The molecule has 2 atom stereocenters. The predicted molar refractivity (Wildman–Crippen MR) is 128 cm³/mol. The van der Waals surface area contributed by atoms with Crippen LogP contribution in [0.2, 0.25) is 0 Å². The highest BCUT2D eigenvalue weighted by atomic mass is 19.1. The van der Waals surface area contributed by atoms with Crippen LogP contribution in [-0.2, 0) is 17.6 Å². The van der Waals surface area contributed by atoms with Crippen LogP contribution in [0.5, 0.6) is 0 Å². The molecule has 2 amide bonds. The summed E-state index contributed by atoms with van der Waals surface area (Å²) in [7, 11) is 0. The van der Waals surface area contributed by atoms with Crippen LogP contribution in [0.4, 0.5) is 14.5 Å². The lowest BCUT2D eigenvalue weighted by Crippen LogP contribution is -2.55. The molecule has 2 aromatic carbocycles. The van der Waals surface area contributed by atoms with Gasteiger partial charge in [0.2, 0.25) is 5.91 Å². The number of rotatable bonds is 4. The maximum Gasteiger partial charge on any atom is 0.260 e. The van der Waals surface area contributed by atoms with Gasteiger partial charge in [0, 0.05) is 18.3 Å². The second kappa shape index (κ2) is 9.85. The first-order chi connectivity index (χ1) is 16.5. The fourth-order valence-corrected chi connectivity index (χ4v) is 6.33. The van der Waals surface area contributed by atoms with Gasteiger partial charge < -0.3 is 10.2 Å². The number of carbonyl (C=O) groups excluding carboxylic acids is 2. The first-order valence-electron chi connectivity index (χ1n) is 12.7. The summed E-state index contributed by atoms with van der Waals surface area (Å²) in [5.41, 5.74) is 2.91. The number of fused-ring (bicyclic) bond motifs is 1. The molecule has 1 N–H and O–H groups in total. The minimum Gasteiger partial charge on any atom is -0.334 e. The van der Waals surface area contributed by atoms with Crippen LogP contribution in [0.15, 0.2) is 36.4 Å². The Morgan fingerprint density at radius 1 is 0.853 bits per heavy atom. The van der Waals surface area contributed by atoms with E-state index in [9.17, 15) is 18.4 Å². The minimum atomic E-state index is -0.850. The van der Waals surface area contributed by atoms with Crippen molar-refractivity contribution >= 4 is 17.5 Å². The maximum atomic E-state index is 14.5. The molecule has 1 saturated carbocycles. The monoisotopic (exact) mass is 466 g/mol. The van der Waals surface area contributed by atoms with Crippen LogP contribution in [0.3, 0.4) is 0 Å². The zero-order chi connectivity index (χ0) is 23.7. The highest BCUT2D eigenvalue weighted by Gasteiger charge is 2.44. The number of hydrogen-bond acceptors (Lipinski definition) is 2. The number of aryl methyl sites for hydroxylation is 2. The molecule has 1 heterocycles. The first kappa shape index (κ1) is 23.0. The maximum absolute atomic E-state index is 14.5. The van der Waals surface area contributed by atoms with Crippen molar-refractivity contribution in [3.63, 3.8) is 0 Å². The molecule has 2 aromatic rings. The van der Waals surface area contributed by atoms with Gasteiger partial charge in [0.05, 0.1) is 5.92 Å². The van der Waals surface area contributed by atoms with Gasteiger partial charge in [0.25, 0.3) is 5.91 Å². The summed E-state index contributed by atoms with van der Waals surface area (Å²) < 4.78 is 29.0. The van der Waals surface area contributed by atoms with Gasteiger partial charge in [0.1, 0.15) is 17.2 Å². The molecule has 3 aliphatic rings. The summed E-state index contributed by atoms with van der Waals surface area (Å²) in [4.78, 5) is 28.6. The summed E-state index contributed by atoms with van der Waals surface area (Å²) in [6, 6.07) is 9.27. The molecule has 180 valence electrons. The van der Waals surface area contributed by atoms with E-state index in [-0.39, 0.29) is 17.9 Å². The van der Waals surface area contributed by atoms with Crippen molar-refractivity contribution in [2.75, 3.05) is 11.9 Å². The van der Waals surface area contributed by atoms with E-state index in [0.717, 1.165) is 69.2 Å². The molecule has 0 spiro atoms. The number of nitrogens with one attached hydrogen (secondary N) is 1. The lowest BCUT2D eigenvalue weighted by molar-refractivity contribution is -0.124. The predicted octanol–water partition coefficient (Wildman–Crippen LogP) is 5.89. The van der Waals surface area contributed by atoms with Crippen LogP contribution in [0.25, 0.3) is 0 Å². The molecule has 0 radical (unpaired) electrons. The zero-order valence-corrected chi connectivity index (χ0v) is 19.5. The molecule has 1 aliphatic heterocycles. The van der Waals surface area contributed by atoms with E-state index in [4.69, 9.17) is 0 Å². The molecule has 34 heavy (non-hydrogen) atoms. The molecular weight excluding hydrogens is 434 g/mol. The van der Waals surface area contributed by atoms with Crippen molar-refractivity contribution in [3.05, 3.63) is 64.7 Å². The largest absolute Gasteiger partial charge is 0.334 e. The summed E-state index contributed by atoms with van der Waals surface area (Å²) >= 11 is 0. The van der Waals surface area contributed by atoms with Crippen molar-refractivity contribution in [1.29, 1.82) is 0 Å². The van der Waals surface area contributed by atoms with Crippen molar-refractivity contribution in [1.82, 2.24) is 4.90 Å². The standard InChI is InChI=1S/C28H32F2N2O2/c29-23-12-5-13-24(30)25(23)28(34)32-16-6-11-22(26(32)19-7-2-1-3-8-19)27(33)31-21-15-14-18-9-4-10-20(18)17-21/h5,12-15,17,19,22,26H,1-4,6-11,16H2,(H,31,33). The number of benzene rings is 2. The number of likely N-dealkylation sites (tertiary alicyclic amines) is 1. The summed E-state index contributed by atoms with van der Waals surface area (Å²) in [5.74, 6) is -2.68. The highest BCUT2D eigenvalue weighted by Crippen LogP contribution is 2.38. The van der Waals surface area contributed by atoms with E-state index in [0.29, 0.717) is 19.4 Å². The van der Waals surface area contributed by atoms with Gasteiger partial charge >= 0.3 is 0 Å². The van der Waals surface area contributed by atoms with Crippen LogP contribution in [-0.4, -0.2) is 29.3 Å². The number of amides is 2. The number of hydrogen-bond donors (Lipinski definition) is 1. The van der Waals surface area contributed by atoms with Crippen LogP contribution >= 0.6 is 0 Å². The Bertz CT molecular complexity index is 1060. The summed E-state index contributed by atoms with van der Waals surface area (Å²) in [6.07, 6.45) is 9.66. The SMILES string of the molecule is O=C(Nc1ccc2c(c1)CCC2)C1CCCN(C(=O)c2c(F)cccc2F)C1C1CCCCC1. The third-order valence-electron chi connectivity index (χ3n) is 7.96. The van der Waals surface area contributed by atoms with Crippen LogP contribution in [0, 0.1) is 23.5 Å². The number of nitrogens with zero attached hydrogens (tertiary/aromatic N) is 1. The summed E-state index contributed by atoms with van der Waals surface area (Å²) in [5, 5.41) is 3.11. The van der Waals surface area contributed by atoms with E-state index in [2.05, 4.69) is 17.4 Å². The van der Waals surface area contributed by atoms with E-state index >= 15 is 0 Å². The third-order valence-corrected chi connectivity index (χ3v) is 7.96. The smallest absolute Gasteiger partial charge is 0.260 e. The van der Waals surface area contributed by atoms with E-state index in [1.807, 2.05) is 6.07 Å². The molecule has 0 aromatic heterocycles. The van der Waals surface area contributed by atoms with Crippen LogP contribution in [0.1, 0.15) is 72.9 Å². The molecule has 5 rings (SSSR count). The minimum absolute atomic E-state index is 0.0972. The van der Waals surface area contributed by atoms with E-state index < -0.39 is 29.0 Å². The average Bonchev–Trinajstić information content (AvgIpc) is 3.32. The number of anilines is 1. The van der Waals surface area contributed by atoms with Gasteiger partial charge in [-0.3, -0.25) is 9.59 Å². The van der Waals surface area contributed by atoms with Gasteiger partial charge in [-0.25, -0.2) is 8.78 Å². The molecule has 2 aliphatic carbocycles. The van der Waals surface area contributed by atoms with Gasteiger partial charge in [-0.05, 0) is 86.3 Å². The van der Waals surface area contributed by atoms with E-state index in [1.54, 1.807) is 4.90 Å². The zero-order valence-electron chi connectivity index (χ0n) is 19.5. The molecule has 6 heteroatoms. The number of halogens is 2. The average molecular weight is 467 g/mol. The van der Waals surface area contributed by atoms with Crippen molar-refractivity contribution < 1.29 is 18.4 Å².